The van der Waals surface area contributed by atoms with Crippen molar-refractivity contribution in [3.63, 3.8) is 0 Å². The zero-order chi connectivity index (χ0) is 25.8. The molecule has 0 atom stereocenters. The van der Waals surface area contributed by atoms with Crippen LogP contribution in [0.15, 0.2) is 70.6 Å². The summed E-state index contributed by atoms with van der Waals surface area (Å²) in [5.41, 5.74) is 5.00. The molecule has 190 valence electrons. The van der Waals surface area contributed by atoms with Gasteiger partial charge in [0.05, 0.1) is 11.3 Å². The van der Waals surface area contributed by atoms with Crippen LogP contribution in [-0.4, -0.2) is 38.9 Å². The van der Waals surface area contributed by atoms with Crippen molar-refractivity contribution in [2.24, 2.45) is 5.16 Å². The molecule has 2 aromatic carbocycles. The van der Waals surface area contributed by atoms with Gasteiger partial charge in [-0.1, -0.05) is 78.8 Å². The number of anilines is 1. The van der Waals surface area contributed by atoms with Gasteiger partial charge in [-0.25, -0.2) is 4.98 Å². The Morgan fingerprint density at radius 1 is 1.00 bits per heavy atom. The monoisotopic (exact) mass is 496 g/mol. The Morgan fingerprint density at radius 2 is 1.70 bits per heavy atom. The lowest BCUT2D eigenvalue weighted by molar-refractivity contribution is 0.321. The Balaban J connectivity index is 1.23. The molecule has 1 aliphatic heterocycles. The standard InChI is InChI=1S/C29H32N6O2/c1-19(2)26-32-29(37-34-26)25-14-16-35(17-15-25)27-20(3)28(31-18-30-27)36-33-21(4)22-10-12-24(13-11-22)23-8-6-5-7-9-23/h5-13,18-19,25H,14-17H2,1-4H3/b33-21-. The summed E-state index contributed by atoms with van der Waals surface area (Å²) in [5, 5.41) is 8.48. The van der Waals surface area contributed by atoms with E-state index in [2.05, 4.69) is 80.4 Å². The van der Waals surface area contributed by atoms with E-state index in [1.807, 2.05) is 32.0 Å². The van der Waals surface area contributed by atoms with E-state index in [0.29, 0.717) is 5.88 Å². The van der Waals surface area contributed by atoms with Gasteiger partial charge in [0, 0.05) is 24.9 Å². The number of piperidine rings is 1. The van der Waals surface area contributed by atoms with Gasteiger partial charge >= 0.3 is 0 Å². The highest BCUT2D eigenvalue weighted by Crippen LogP contribution is 2.32. The van der Waals surface area contributed by atoms with Gasteiger partial charge < -0.3 is 14.3 Å². The first-order chi connectivity index (χ1) is 18.0. The topological polar surface area (TPSA) is 89.5 Å². The Morgan fingerprint density at radius 3 is 2.38 bits per heavy atom. The molecule has 1 saturated heterocycles. The third-order valence-corrected chi connectivity index (χ3v) is 6.81. The van der Waals surface area contributed by atoms with Crippen LogP contribution < -0.4 is 9.74 Å². The molecule has 0 amide bonds. The fraction of sp³-hybridized carbons (Fsp3) is 0.345. The number of aromatic nitrogens is 4. The molecule has 0 N–H and O–H groups in total. The third kappa shape index (κ3) is 5.53. The van der Waals surface area contributed by atoms with Gasteiger partial charge in [-0.3, -0.25) is 0 Å². The van der Waals surface area contributed by atoms with Crippen molar-refractivity contribution < 1.29 is 9.36 Å². The summed E-state index contributed by atoms with van der Waals surface area (Å²) in [5.74, 6) is 3.39. The Labute approximate surface area is 217 Å². The normalized spacial score (nSPS) is 14.8. The maximum Gasteiger partial charge on any atom is 0.256 e. The Bertz CT molecular complexity index is 1360. The fourth-order valence-electron chi connectivity index (χ4n) is 4.52. The van der Waals surface area contributed by atoms with Gasteiger partial charge in [0.2, 0.25) is 5.89 Å². The molecule has 0 radical (unpaired) electrons. The highest BCUT2D eigenvalue weighted by atomic mass is 16.6. The number of oxime groups is 1. The SMILES string of the molecule is C/C(=N/Oc1ncnc(N2CCC(c3nc(C(C)C)no3)CC2)c1C)c1ccc(-c2ccccc2)cc1. The Kier molecular flexibility index (Phi) is 7.25. The number of benzene rings is 2. The minimum atomic E-state index is 0.264. The molecule has 1 aliphatic rings. The van der Waals surface area contributed by atoms with Crippen molar-refractivity contribution in [3.8, 4) is 17.0 Å². The average molecular weight is 497 g/mol. The van der Waals surface area contributed by atoms with E-state index in [9.17, 15) is 0 Å². The van der Waals surface area contributed by atoms with Crippen LogP contribution in [-0.2, 0) is 0 Å². The first-order valence-electron chi connectivity index (χ1n) is 12.8. The predicted molar refractivity (Wildman–Crippen MR) is 144 cm³/mol. The quantitative estimate of drug-likeness (QED) is 0.224. The molecule has 37 heavy (non-hydrogen) atoms. The smallest absolute Gasteiger partial charge is 0.256 e. The Hall–Kier alpha value is -4.07. The third-order valence-electron chi connectivity index (χ3n) is 6.81. The summed E-state index contributed by atoms with van der Waals surface area (Å²) in [6.07, 6.45) is 3.39. The van der Waals surface area contributed by atoms with Crippen LogP contribution in [0.4, 0.5) is 5.82 Å². The van der Waals surface area contributed by atoms with E-state index in [0.717, 1.165) is 65.9 Å². The number of hydrogen-bond donors (Lipinski definition) is 0. The summed E-state index contributed by atoms with van der Waals surface area (Å²) in [6.45, 7) is 9.74. The predicted octanol–water partition coefficient (Wildman–Crippen LogP) is 6.15. The molecule has 0 bridgehead atoms. The molecular formula is C29H32N6O2. The van der Waals surface area contributed by atoms with Gasteiger partial charge in [-0.2, -0.15) is 9.97 Å². The summed E-state index contributed by atoms with van der Waals surface area (Å²) >= 11 is 0. The lowest BCUT2D eigenvalue weighted by Crippen LogP contribution is -2.34. The largest absolute Gasteiger partial charge is 0.356 e. The lowest BCUT2D eigenvalue weighted by Gasteiger charge is -2.32. The van der Waals surface area contributed by atoms with Gasteiger partial charge in [0.1, 0.15) is 12.1 Å². The first-order valence-corrected chi connectivity index (χ1v) is 12.8. The maximum absolute atomic E-state index is 5.79. The van der Waals surface area contributed by atoms with E-state index >= 15 is 0 Å². The molecule has 0 saturated carbocycles. The highest BCUT2D eigenvalue weighted by Gasteiger charge is 2.27. The fourth-order valence-corrected chi connectivity index (χ4v) is 4.52. The van der Waals surface area contributed by atoms with Gasteiger partial charge in [0.25, 0.3) is 5.88 Å². The van der Waals surface area contributed by atoms with Crippen molar-refractivity contribution >= 4 is 11.5 Å². The number of rotatable bonds is 7. The molecule has 0 spiro atoms. The number of hydrogen-bond acceptors (Lipinski definition) is 8. The molecule has 8 nitrogen and oxygen atoms in total. The summed E-state index contributed by atoms with van der Waals surface area (Å²) in [6, 6.07) is 18.6. The highest BCUT2D eigenvalue weighted by molar-refractivity contribution is 5.98. The zero-order valence-corrected chi connectivity index (χ0v) is 21.8. The van der Waals surface area contributed by atoms with Crippen LogP contribution in [0.1, 0.15) is 68.3 Å². The van der Waals surface area contributed by atoms with Gasteiger partial charge in [-0.15, -0.1) is 0 Å². The second-order valence-electron chi connectivity index (χ2n) is 9.75. The van der Waals surface area contributed by atoms with Crippen LogP contribution >= 0.6 is 0 Å². The van der Waals surface area contributed by atoms with Gasteiger partial charge in [-0.05, 0) is 43.4 Å². The maximum atomic E-state index is 5.79. The minimum Gasteiger partial charge on any atom is -0.356 e. The first kappa shape index (κ1) is 24.6. The molecule has 0 aliphatic carbocycles. The van der Waals surface area contributed by atoms with Crippen molar-refractivity contribution in [1.29, 1.82) is 0 Å². The molecule has 0 unspecified atom stereocenters. The second-order valence-corrected chi connectivity index (χ2v) is 9.75. The second kappa shape index (κ2) is 10.9. The van der Waals surface area contributed by atoms with Crippen molar-refractivity contribution in [2.45, 2.75) is 52.4 Å². The summed E-state index contributed by atoms with van der Waals surface area (Å²) in [4.78, 5) is 21.5. The van der Waals surface area contributed by atoms with E-state index < -0.39 is 0 Å². The van der Waals surface area contributed by atoms with Crippen LogP contribution in [0.5, 0.6) is 5.88 Å². The van der Waals surface area contributed by atoms with Crippen molar-refractivity contribution in [2.75, 3.05) is 18.0 Å². The van der Waals surface area contributed by atoms with Gasteiger partial charge in [0.15, 0.2) is 5.82 Å². The summed E-state index contributed by atoms with van der Waals surface area (Å²) < 4.78 is 5.53. The van der Waals surface area contributed by atoms with E-state index in [-0.39, 0.29) is 11.8 Å². The molecule has 3 heterocycles. The van der Waals surface area contributed by atoms with Crippen LogP contribution in [0.25, 0.3) is 11.1 Å². The van der Waals surface area contributed by atoms with Crippen LogP contribution in [0.3, 0.4) is 0 Å². The molecular weight excluding hydrogens is 464 g/mol. The molecule has 4 aromatic rings. The zero-order valence-electron chi connectivity index (χ0n) is 21.8. The number of nitrogens with zero attached hydrogens (tertiary/aromatic N) is 6. The van der Waals surface area contributed by atoms with E-state index in [1.165, 1.54) is 11.9 Å². The van der Waals surface area contributed by atoms with Crippen LogP contribution in [0, 0.1) is 6.92 Å². The van der Waals surface area contributed by atoms with Crippen molar-refractivity contribution in [3.05, 3.63) is 83.8 Å². The van der Waals surface area contributed by atoms with E-state index in [4.69, 9.17) is 9.36 Å². The molecule has 2 aromatic heterocycles. The van der Waals surface area contributed by atoms with E-state index in [1.54, 1.807) is 0 Å². The van der Waals surface area contributed by atoms with Crippen molar-refractivity contribution in [1.82, 2.24) is 20.1 Å². The summed E-state index contributed by atoms with van der Waals surface area (Å²) in [7, 11) is 0. The van der Waals surface area contributed by atoms with Crippen LogP contribution in [0.2, 0.25) is 0 Å². The molecule has 5 rings (SSSR count). The lowest BCUT2D eigenvalue weighted by atomic mass is 9.96. The minimum absolute atomic E-state index is 0.264. The molecule has 1 fully saturated rings. The molecule has 8 heteroatoms. The average Bonchev–Trinajstić information content (AvgIpc) is 3.44.